The van der Waals surface area contributed by atoms with Gasteiger partial charge >= 0.3 is 0 Å². The Hall–Kier alpha value is -1.42. The molecule has 2 nitrogen and oxygen atoms in total. The smallest absolute Gasteiger partial charge is 0.0484 e. The first-order chi connectivity index (χ1) is 10.7. The number of rotatable bonds is 2. The first kappa shape index (κ1) is 14.2. The van der Waals surface area contributed by atoms with Gasteiger partial charge in [0.05, 0.1) is 0 Å². The lowest BCUT2D eigenvalue weighted by molar-refractivity contribution is 0.622. The number of nitrogens with zero attached hydrogens (tertiary/aromatic N) is 1. The van der Waals surface area contributed by atoms with Gasteiger partial charge in [-0.2, -0.15) is 0 Å². The zero-order valence-electron chi connectivity index (χ0n) is 12.4. The molecule has 1 aliphatic heterocycles. The van der Waals surface area contributed by atoms with E-state index in [9.17, 15) is 0 Å². The average molecular weight is 329 g/mol. The Balaban J connectivity index is 1.77. The third-order valence-corrected chi connectivity index (χ3v) is 5.49. The molecule has 0 fully saturated rings. The van der Waals surface area contributed by atoms with Gasteiger partial charge < -0.3 is 9.88 Å². The fourth-order valence-corrected chi connectivity index (χ4v) is 4.39. The Labute approximate surface area is 139 Å². The lowest BCUT2D eigenvalue weighted by Gasteiger charge is -2.14. The summed E-state index contributed by atoms with van der Waals surface area (Å²) in [5, 5.41) is 5.64. The Morgan fingerprint density at radius 1 is 1.14 bits per heavy atom. The fourth-order valence-electron chi connectivity index (χ4n) is 3.22. The predicted octanol–water partition coefficient (Wildman–Crippen LogP) is 4.63. The molecule has 0 saturated heterocycles. The van der Waals surface area contributed by atoms with Crippen molar-refractivity contribution in [2.75, 3.05) is 6.54 Å². The van der Waals surface area contributed by atoms with Crippen LogP contribution in [0.4, 0.5) is 0 Å². The number of nitrogens with one attached hydrogen (secondary N) is 1. The summed E-state index contributed by atoms with van der Waals surface area (Å²) in [4.78, 5) is 2.43. The summed E-state index contributed by atoms with van der Waals surface area (Å²) >= 11 is 7.84. The highest BCUT2D eigenvalue weighted by Crippen LogP contribution is 2.34. The van der Waals surface area contributed by atoms with Crippen LogP contribution in [-0.2, 0) is 20.0 Å². The second kappa shape index (κ2) is 5.65. The number of hydrogen-bond donors (Lipinski definition) is 1. The van der Waals surface area contributed by atoms with Crippen molar-refractivity contribution in [2.24, 2.45) is 7.05 Å². The van der Waals surface area contributed by atoms with E-state index in [-0.39, 0.29) is 0 Å². The molecule has 0 bridgehead atoms. The van der Waals surface area contributed by atoms with E-state index in [1.54, 1.807) is 11.8 Å². The van der Waals surface area contributed by atoms with E-state index in [1.807, 2.05) is 18.2 Å². The van der Waals surface area contributed by atoms with E-state index in [0.717, 1.165) is 24.5 Å². The van der Waals surface area contributed by atoms with Crippen molar-refractivity contribution in [2.45, 2.75) is 22.8 Å². The molecule has 1 aliphatic rings. The molecule has 0 amide bonds. The Kier molecular flexibility index (Phi) is 3.65. The average Bonchev–Trinajstić information content (AvgIpc) is 2.81. The van der Waals surface area contributed by atoms with E-state index in [4.69, 9.17) is 11.6 Å². The lowest BCUT2D eigenvalue weighted by Crippen LogP contribution is -2.24. The summed E-state index contributed by atoms with van der Waals surface area (Å²) in [6.45, 7) is 2.04. The van der Waals surface area contributed by atoms with E-state index < -0.39 is 0 Å². The molecule has 22 heavy (non-hydrogen) atoms. The van der Waals surface area contributed by atoms with E-state index >= 15 is 0 Å². The fraction of sp³-hybridized carbons (Fsp3) is 0.222. The van der Waals surface area contributed by atoms with Crippen LogP contribution >= 0.6 is 23.4 Å². The number of aryl methyl sites for hydroxylation is 1. The second-order valence-electron chi connectivity index (χ2n) is 5.65. The van der Waals surface area contributed by atoms with Gasteiger partial charge in [-0.05, 0) is 42.0 Å². The Bertz CT molecular complexity index is 854. The van der Waals surface area contributed by atoms with Gasteiger partial charge in [0.2, 0.25) is 0 Å². The molecule has 0 unspecified atom stereocenters. The van der Waals surface area contributed by atoms with Crippen LogP contribution in [0.5, 0.6) is 0 Å². The Morgan fingerprint density at radius 3 is 2.86 bits per heavy atom. The molecule has 0 saturated carbocycles. The van der Waals surface area contributed by atoms with Gasteiger partial charge in [0.25, 0.3) is 0 Å². The third-order valence-electron chi connectivity index (χ3n) is 4.28. The maximum Gasteiger partial charge on any atom is 0.0484 e. The molecule has 2 heterocycles. The van der Waals surface area contributed by atoms with E-state index in [2.05, 4.69) is 41.2 Å². The summed E-state index contributed by atoms with van der Waals surface area (Å²) in [6, 6.07) is 14.8. The molecule has 0 spiro atoms. The SMILES string of the molecule is Cn1c2c(c3cc(Sc4cccc(Cl)c4)ccc31)CNCC2. The molecular formula is C18H17ClN2S. The minimum atomic E-state index is 0.785. The Morgan fingerprint density at radius 2 is 2.00 bits per heavy atom. The minimum Gasteiger partial charge on any atom is -0.347 e. The van der Waals surface area contributed by atoms with E-state index in [1.165, 1.54) is 32.0 Å². The van der Waals surface area contributed by atoms with Crippen LogP contribution in [0.15, 0.2) is 52.3 Å². The first-order valence-electron chi connectivity index (χ1n) is 7.47. The van der Waals surface area contributed by atoms with Crippen LogP contribution < -0.4 is 5.32 Å². The number of benzene rings is 2. The van der Waals surface area contributed by atoms with Crippen molar-refractivity contribution < 1.29 is 0 Å². The molecule has 0 aliphatic carbocycles. The maximum absolute atomic E-state index is 6.08. The predicted molar refractivity (Wildman–Crippen MR) is 93.9 cm³/mol. The van der Waals surface area contributed by atoms with Gasteiger partial charge in [0.15, 0.2) is 0 Å². The first-order valence-corrected chi connectivity index (χ1v) is 8.66. The van der Waals surface area contributed by atoms with Crippen molar-refractivity contribution in [1.82, 2.24) is 9.88 Å². The monoisotopic (exact) mass is 328 g/mol. The minimum absolute atomic E-state index is 0.785. The van der Waals surface area contributed by atoms with Crippen molar-refractivity contribution >= 4 is 34.3 Å². The van der Waals surface area contributed by atoms with E-state index in [0.29, 0.717) is 0 Å². The van der Waals surface area contributed by atoms with Gasteiger partial charge in [0.1, 0.15) is 0 Å². The molecule has 112 valence electrons. The van der Waals surface area contributed by atoms with Crippen LogP contribution in [0.1, 0.15) is 11.3 Å². The highest BCUT2D eigenvalue weighted by molar-refractivity contribution is 7.99. The lowest BCUT2D eigenvalue weighted by atomic mass is 10.1. The number of hydrogen-bond acceptors (Lipinski definition) is 2. The van der Waals surface area contributed by atoms with Crippen molar-refractivity contribution in [3.63, 3.8) is 0 Å². The van der Waals surface area contributed by atoms with Gasteiger partial charge in [0, 0.05) is 58.0 Å². The molecule has 2 aromatic carbocycles. The summed E-state index contributed by atoms with van der Waals surface area (Å²) in [7, 11) is 2.18. The second-order valence-corrected chi connectivity index (χ2v) is 7.23. The quantitative estimate of drug-likeness (QED) is 0.738. The summed E-state index contributed by atoms with van der Waals surface area (Å²) < 4.78 is 2.35. The van der Waals surface area contributed by atoms with Crippen molar-refractivity contribution in [3.05, 3.63) is 58.7 Å². The molecule has 1 N–H and O–H groups in total. The largest absolute Gasteiger partial charge is 0.347 e. The van der Waals surface area contributed by atoms with Crippen LogP contribution in [0.2, 0.25) is 5.02 Å². The summed E-state index contributed by atoms with van der Waals surface area (Å²) in [5.41, 5.74) is 4.25. The van der Waals surface area contributed by atoms with Crippen LogP contribution in [-0.4, -0.2) is 11.1 Å². The highest BCUT2D eigenvalue weighted by atomic mass is 35.5. The standard InChI is InChI=1S/C18H17ClN2S/c1-21-17-6-5-14(22-13-4-2-3-12(19)9-13)10-15(17)16-11-20-8-7-18(16)21/h2-6,9-10,20H,7-8,11H2,1H3. The number of aromatic nitrogens is 1. The molecule has 0 radical (unpaired) electrons. The summed E-state index contributed by atoms with van der Waals surface area (Å²) in [6.07, 6.45) is 1.11. The normalized spacial score (nSPS) is 14.3. The molecule has 3 aromatic rings. The van der Waals surface area contributed by atoms with Crippen LogP contribution in [0, 0.1) is 0 Å². The number of fused-ring (bicyclic) bond motifs is 3. The molecule has 1 aromatic heterocycles. The van der Waals surface area contributed by atoms with Gasteiger partial charge in [-0.25, -0.2) is 0 Å². The zero-order valence-corrected chi connectivity index (χ0v) is 14.0. The topological polar surface area (TPSA) is 17.0 Å². The molecular weight excluding hydrogens is 312 g/mol. The van der Waals surface area contributed by atoms with Crippen LogP contribution in [0.3, 0.4) is 0 Å². The summed E-state index contributed by atoms with van der Waals surface area (Å²) in [5.74, 6) is 0. The van der Waals surface area contributed by atoms with Gasteiger partial charge in [-0.3, -0.25) is 0 Å². The van der Waals surface area contributed by atoms with Gasteiger partial charge in [-0.15, -0.1) is 0 Å². The zero-order chi connectivity index (χ0) is 15.1. The molecule has 4 rings (SSSR count). The van der Waals surface area contributed by atoms with Crippen LogP contribution in [0.25, 0.3) is 10.9 Å². The van der Waals surface area contributed by atoms with Gasteiger partial charge in [-0.1, -0.05) is 29.4 Å². The maximum atomic E-state index is 6.08. The molecule has 4 heteroatoms. The highest BCUT2D eigenvalue weighted by Gasteiger charge is 2.18. The number of halogens is 1. The third kappa shape index (κ3) is 2.43. The van der Waals surface area contributed by atoms with Crippen molar-refractivity contribution in [3.8, 4) is 0 Å². The van der Waals surface area contributed by atoms with Crippen molar-refractivity contribution in [1.29, 1.82) is 0 Å². The molecule has 0 atom stereocenters.